The van der Waals surface area contributed by atoms with E-state index in [0.717, 1.165) is 5.39 Å². The van der Waals surface area contributed by atoms with Gasteiger partial charge in [0.15, 0.2) is 11.6 Å². The van der Waals surface area contributed by atoms with E-state index in [1.54, 1.807) is 24.4 Å². The van der Waals surface area contributed by atoms with E-state index in [9.17, 15) is 4.39 Å². The zero-order valence-electron chi connectivity index (χ0n) is 7.12. The summed E-state index contributed by atoms with van der Waals surface area (Å²) in [7, 11) is 1.45. The minimum atomic E-state index is -0.354. The van der Waals surface area contributed by atoms with Gasteiger partial charge in [-0.25, -0.2) is 4.39 Å². The van der Waals surface area contributed by atoms with E-state index >= 15 is 0 Å². The van der Waals surface area contributed by atoms with Gasteiger partial charge in [0.2, 0.25) is 0 Å². The second-order valence-corrected chi connectivity index (χ2v) is 2.68. The quantitative estimate of drug-likeness (QED) is 0.667. The minimum absolute atomic E-state index is 0.250. The highest BCUT2D eigenvalue weighted by Crippen LogP contribution is 2.24. The molecule has 0 saturated heterocycles. The van der Waals surface area contributed by atoms with Gasteiger partial charge < -0.3 is 4.74 Å². The van der Waals surface area contributed by atoms with Crippen LogP contribution >= 0.6 is 0 Å². The molecule has 0 fully saturated rings. The van der Waals surface area contributed by atoms with Gasteiger partial charge in [0, 0.05) is 17.8 Å². The molecule has 0 N–H and O–H groups in total. The Morgan fingerprint density at radius 3 is 2.92 bits per heavy atom. The molecule has 1 aromatic carbocycles. The first-order valence-electron chi connectivity index (χ1n) is 3.89. The SMILES string of the molecule is COc1ccc2ccncc2c1F. The van der Waals surface area contributed by atoms with E-state index in [0.29, 0.717) is 5.39 Å². The Labute approximate surface area is 75.0 Å². The van der Waals surface area contributed by atoms with Gasteiger partial charge in [0.25, 0.3) is 0 Å². The Morgan fingerprint density at radius 2 is 2.15 bits per heavy atom. The van der Waals surface area contributed by atoms with Crippen molar-refractivity contribution < 1.29 is 9.13 Å². The van der Waals surface area contributed by atoms with Crippen molar-refractivity contribution in [3.8, 4) is 5.75 Å². The molecule has 0 spiro atoms. The summed E-state index contributed by atoms with van der Waals surface area (Å²) in [4.78, 5) is 3.85. The highest BCUT2D eigenvalue weighted by Gasteiger charge is 2.06. The first kappa shape index (κ1) is 7.98. The van der Waals surface area contributed by atoms with Crippen LogP contribution in [0.1, 0.15) is 0 Å². The average Bonchev–Trinajstić information content (AvgIpc) is 2.19. The standard InChI is InChI=1S/C10H8FNO/c1-13-9-3-2-7-4-5-12-6-8(7)10(9)11/h2-6H,1H3. The van der Waals surface area contributed by atoms with E-state index < -0.39 is 0 Å². The smallest absolute Gasteiger partial charge is 0.174 e. The summed E-state index contributed by atoms with van der Waals surface area (Å²) >= 11 is 0. The fraction of sp³-hybridized carbons (Fsp3) is 0.100. The van der Waals surface area contributed by atoms with Crippen LogP contribution in [0.5, 0.6) is 5.75 Å². The largest absolute Gasteiger partial charge is 0.494 e. The summed E-state index contributed by atoms with van der Waals surface area (Å²) in [6.07, 6.45) is 3.13. The highest BCUT2D eigenvalue weighted by atomic mass is 19.1. The van der Waals surface area contributed by atoms with Gasteiger partial charge in [-0.2, -0.15) is 0 Å². The number of fused-ring (bicyclic) bond motifs is 1. The molecule has 0 aliphatic carbocycles. The van der Waals surface area contributed by atoms with Crippen LogP contribution in [-0.2, 0) is 0 Å². The molecular weight excluding hydrogens is 169 g/mol. The fourth-order valence-corrected chi connectivity index (χ4v) is 1.26. The van der Waals surface area contributed by atoms with Crippen molar-refractivity contribution in [2.24, 2.45) is 0 Å². The topological polar surface area (TPSA) is 22.1 Å². The number of hydrogen-bond acceptors (Lipinski definition) is 2. The maximum absolute atomic E-state index is 13.5. The molecule has 13 heavy (non-hydrogen) atoms. The molecule has 0 aliphatic rings. The average molecular weight is 177 g/mol. The van der Waals surface area contributed by atoms with Gasteiger partial charge >= 0.3 is 0 Å². The summed E-state index contributed by atoms with van der Waals surface area (Å²) in [6, 6.07) is 5.18. The number of hydrogen-bond donors (Lipinski definition) is 0. The molecule has 66 valence electrons. The summed E-state index contributed by atoms with van der Waals surface area (Å²) in [6.45, 7) is 0. The Bertz CT molecular complexity index is 442. The maximum atomic E-state index is 13.5. The Balaban J connectivity index is 2.79. The zero-order chi connectivity index (χ0) is 9.26. The first-order chi connectivity index (χ1) is 6.33. The fourth-order valence-electron chi connectivity index (χ4n) is 1.26. The lowest BCUT2D eigenvalue weighted by Crippen LogP contribution is -1.89. The number of ether oxygens (including phenoxy) is 1. The molecule has 0 radical (unpaired) electrons. The molecule has 3 heteroatoms. The van der Waals surface area contributed by atoms with E-state index in [1.165, 1.54) is 13.3 Å². The molecule has 0 bridgehead atoms. The van der Waals surface area contributed by atoms with E-state index in [4.69, 9.17) is 4.74 Å². The van der Waals surface area contributed by atoms with Crippen molar-refractivity contribution in [1.29, 1.82) is 0 Å². The van der Waals surface area contributed by atoms with Crippen molar-refractivity contribution in [2.75, 3.05) is 7.11 Å². The van der Waals surface area contributed by atoms with Crippen molar-refractivity contribution in [1.82, 2.24) is 4.98 Å². The minimum Gasteiger partial charge on any atom is -0.494 e. The lowest BCUT2D eigenvalue weighted by atomic mass is 10.1. The number of aromatic nitrogens is 1. The van der Waals surface area contributed by atoms with Gasteiger partial charge in [-0.05, 0) is 17.5 Å². The van der Waals surface area contributed by atoms with E-state index in [1.807, 2.05) is 0 Å². The lowest BCUT2D eigenvalue weighted by molar-refractivity contribution is 0.389. The van der Waals surface area contributed by atoms with Crippen LogP contribution in [0.3, 0.4) is 0 Å². The van der Waals surface area contributed by atoms with Crippen LogP contribution in [0.2, 0.25) is 0 Å². The Hall–Kier alpha value is -1.64. The molecule has 2 nitrogen and oxygen atoms in total. The third-order valence-electron chi connectivity index (χ3n) is 1.94. The Morgan fingerprint density at radius 1 is 1.31 bits per heavy atom. The molecule has 1 aromatic heterocycles. The third kappa shape index (κ3) is 1.22. The van der Waals surface area contributed by atoms with Crippen molar-refractivity contribution in [3.63, 3.8) is 0 Å². The molecule has 0 unspecified atom stereocenters. The summed E-state index contributed by atoms with van der Waals surface area (Å²) < 4.78 is 18.4. The van der Waals surface area contributed by atoms with Crippen LogP contribution in [0.4, 0.5) is 4.39 Å². The number of nitrogens with zero attached hydrogens (tertiary/aromatic N) is 1. The maximum Gasteiger partial charge on any atom is 0.174 e. The Kier molecular flexibility index (Phi) is 1.85. The van der Waals surface area contributed by atoms with Crippen LogP contribution < -0.4 is 4.74 Å². The third-order valence-corrected chi connectivity index (χ3v) is 1.94. The van der Waals surface area contributed by atoms with Crippen LogP contribution in [-0.4, -0.2) is 12.1 Å². The summed E-state index contributed by atoms with van der Waals surface area (Å²) in [5, 5.41) is 1.31. The first-order valence-corrected chi connectivity index (χ1v) is 3.89. The molecular formula is C10H8FNO. The molecule has 0 aliphatic heterocycles. The normalized spacial score (nSPS) is 10.3. The molecule has 2 rings (SSSR count). The number of rotatable bonds is 1. The predicted octanol–water partition coefficient (Wildman–Crippen LogP) is 2.38. The molecule has 0 saturated carbocycles. The second-order valence-electron chi connectivity index (χ2n) is 2.68. The molecule has 0 atom stereocenters. The van der Waals surface area contributed by atoms with Gasteiger partial charge in [-0.15, -0.1) is 0 Å². The number of methoxy groups -OCH3 is 1. The lowest BCUT2D eigenvalue weighted by Gasteiger charge is -2.03. The molecule has 2 aromatic rings. The molecule has 1 heterocycles. The number of pyridine rings is 1. The van der Waals surface area contributed by atoms with Crippen molar-refractivity contribution >= 4 is 10.8 Å². The predicted molar refractivity (Wildman–Crippen MR) is 48.3 cm³/mol. The molecule has 0 amide bonds. The summed E-state index contributed by atoms with van der Waals surface area (Å²) in [5.74, 6) is -0.103. The van der Waals surface area contributed by atoms with Gasteiger partial charge in [-0.1, -0.05) is 6.07 Å². The van der Waals surface area contributed by atoms with Gasteiger partial charge in [0.1, 0.15) is 0 Å². The highest BCUT2D eigenvalue weighted by molar-refractivity contribution is 5.83. The van der Waals surface area contributed by atoms with Crippen LogP contribution in [0.25, 0.3) is 10.8 Å². The van der Waals surface area contributed by atoms with E-state index in [2.05, 4.69) is 4.98 Å². The van der Waals surface area contributed by atoms with Crippen LogP contribution in [0.15, 0.2) is 30.6 Å². The van der Waals surface area contributed by atoms with Gasteiger partial charge in [0.05, 0.1) is 7.11 Å². The van der Waals surface area contributed by atoms with E-state index in [-0.39, 0.29) is 11.6 Å². The van der Waals surface area contributed by atoms with Crippen LogP contribution in [0, 0.1) is 5.82 Å². The summed E-state index contributed by atoms with van der Waals surface area (Å²) in [5.41, 5.74) is 0. The number of halogens is 1. The van der Waals surface area contributed by atoms with Crippen molar-refractivity contribution in [3.05, 3.63) is 36.4 Å². The monoisotopic (exact) mass is 177 g/mol. The second kappa shape index (κ2) is 3.01. The van der Waals surface area contributed by atoms with Gasteiger partial charge in [-0.3, -0.25) is 4.98 Å². The zero-order valence-corrected chi connectivity index (χ0v) is 7.12. The number of benzene rings is 1. The van der Waals surface area contributed by atoms with Crippen molar-refractivity contribution in [2.45, 2.75) is 0 Å².